The molecular formula is C29H31F6NO3. The van der Waals surface area contributed by atoms with Gasteiger partial charge in [-0.15, -0.1) is 0 Å². The third-order valence-electron chi connectivity index (χ3n) is 6.78. The number of benzene rings is 3. The second kappa shape index (κ2) is 11.6. The quantitative estimate of drug-likeness (QED) is 0.249. The first-order valence-electron chi connectivity index (χ1n) is 12.3. The molecule has 0 aliphatic heterocycles. The molecule has 3 rings (SSSR count). The molecule has 0 amide bonds. The van der Waals surface area contributed by atoms with Crippen molar-refractivity contribution in [2.75, 3.05) is 11.9 Å². The minimum atomic E-state index is -6.18. The molecule has 4 nitrogen and oxygen atoms in total. The van der Waals surface area contributed by atoms with Crippen molar-refractivity contribution in [2.24, 2.45) is 0 Å². The van der Waals surface area contributed by atoms with Gasteiger partial charge in [0.15, 0.2) is 0 Å². The molecule has 0 aliphatic rings. The summed E-state index contributed by atoms with van der Waals surface area (Å²) in [6.45, 7) is 2.45. The van der Waals surface area contributed by atoms with Crippen molar-refractivity contribution >= 4 is 5.69 Å². The van der Waals surface area contributed by atoms with E-state index >= 15 is 4.39 Å². The zero-order chi connectivity index (χ0) is 29.2. The van der Waals surface area contributed by atoms with Gasteiger partial charge >= 0.3 is 18.0 Å². The van der Waals surface area contributed by atoms with Gasteiger partial charge in [-0.2, -0.15) is 22.0 Å². The van der Waals surface area contributed by atoms with Gasteiger partial charge in [-0.25, -0.2) is 4.39 Å². The van der Waals surface area contributed by atoms with Crippen molar-refractivity contribution < 1.29 is 41.7 Å². The smallest absolute Gasteiger partial charge is 0.392 e. The van der Waals surface area contributed by atoms with E-state index in [9.17, 15) is 37.3 Å². The average molecular weight is 556 g/mol. The Hall–Kier alpha value is -3.08. The van der Waals surface area contributed by atoms with Crippen LogP contribution in [0.1, 0.15) is 46.7 Å². The zero-order valence-corrected chi connectivity index (χ0v) is 21.8. The molecule has 3 aromatic carbocycles. The number of anilines is 1. The number of halogens is 6. The number of nitrogens with zero attached hydrogens (tertiary/aromatic N) is 1. The van der Waals surface area contributed by atoms with Crippen molar-refractivity contribution in [3.05, 3.63) is 88.0 Å². The molecule has 39 heavy (non-hydrogen) atoms. The largest absolute Gasteiger partial charge is 0.435 e. The van der Waals surface area contributed by atoms with E-state index in [2.05, 4.69) is 0 Å². The van der Waals surface area contributed by atoms with Crippen molar-refractivity contribution in [3.8, 4) is 11.1 Å². The van der Waals surface area contributed by atoms with Crippen LogP contribution in [0.2, 0.25) is 0 Å². The Morgan fingerprint density at radius 2 is 1.46 bits per heavy atom. The maximum Gasteiger partial charge on any atom is 0.435 e. The molecule has 10 heteroatoms. The van der Waals surface area contributed by atoms with Gasteiger partial charge in [0.1, 0.15) is 0 Å². The van der Waals surface area contributed by atoms with Crippen molar-refractivity contribution in [2.45, 2.75) is 64.4 Å². The van der Waals surface area contributed by atoms with E-state index in [1.54, 1.807) is 26.0 Å². The summed E-state index contributed by atoms with van der Waals surface area (Å²) >= 11 is 0. The number of aliphatic hydroxyl groups excluding tert-OH is 2. The highest BCUT2D eigenvalue weighted by atomic mass is 19.4. The predicted octanol–water partition coefficient (Wildman–Crippen LogP) is 6.55. The predicted molar refractivity (Wildman–Crippen MR) is 137 cm³/mol. The molecule has 1 atom stereocenters. The fourth-order valence-electron chi connectivity index (χ4n) is 4.92. The van der Waals surface area contributed by atoms with Gasteiger partial charge in [-0.1, -0.05) is 67.9 Å². The molecule has 3 aromatic rings. The van der Waals surface area contributed by atoms with E-state index in [1.807, 2.05) is 0 Å². The molecule has 212 valence electrons. The summed E-state index contributed by atoms with van der Waals surface area (Å²) in [5, 5.41) is 28.6. The van der Waals surface area contributed by atoms with Crippen molar-refractivity contribution in [1.29, 1.82) is 0 Å². The van der Waals surface area contributed by atoms with Gasteiger partial charge in [0.2, 0.25) is 0 Å². The van der Waals surface area contributed by atoms with Crippen molar-refractivity contribution in [3.63, 3.8) is 0 Å². The molecule has 0 heterocycles. The lowest BCUT2D eigenvalue weighted by atomic mass is 9.81. The minimum Gasteiger partial charge on any atom is -0.392 e. The normalized spacial score (nSPS) is 13.8. The van der Waals surface area contributed by atoms with Crippen molar-refractivity contribution in [1.82, 2.24) is 0 Å². The third-order valence-corrected chi connectivity index (χ3v) is 6.78. The molecule has 3 N–H and O–H groups in total. The van der Waals surface area contributed by atoms with E-state index in [1.165, 1.54) is 54.4 Å². The van der Waals surface area contributed by atoms with Crippen LogP contribution in [0.3, 0.4) is 0 Å². The Kier molecular flexibility index (Phi) is 9.04. The summed E-state index contributed by atoms with van der Waals surface area (Å²) in [6.07, 6.45) is -11.4. The lowest BCUT2D eigenvalue weighted by molar-refractivity contribution is -0.375. The summed E-state index contributed by atoms with van der Waals surface area (Å²) < 4.78 is 88.3. The van der Waals surface area contributed by atoms with Crippen LogP contribution in [0, 0.1) is 6.92 Å². The Labute approximate surface area is 223 Å². The van der Waals surface area contributed by atoms with Crippen LogP contribution >= 0.6 is 0 Å². The minimum absolute atomic E-state index is 0.0682. The molecule has 0 saturated heterocycles. The average Bonchev–Trinajstić information content (AvgIpc) is 2.88. The van der Waals surface area contributed by atoms with Crippen LogP contribution < -0.4 is 4.90 Å². The first kappa shape index (κ1) is 30.5. The summed E-state index contributed by atoms with van der Waals surface area (Å²) in [5.74, 6) is 0. The second-order valence-corrected chi connectivity index (χ2v) is 9.53. The maximum atomic E-state index is 16.2. The Morgan fingerprint density at radius 1 is 0.846 bits per heavy atom. The lowest BCUT2D eigenvalue weighted by Crippen LogP contribution is -2.53. The highest BCUT2D eigenvalue weighted by Gasteiger charge is 2.73. The summed E-state index contributed by atoms with van der Waals surface area (Å²) in [6, 6.07) is 13.2. The van der Waals surface area contributed by atoms with Gasteiger partial charge in [0.25, 0.3) is 0 Å². The summed E-state index contributed by atoms with van der Waals surface area (Å²) in [4.78, 5) is 1.25. The Bertz CT molecular complexity index is 1270. The number of hydrogen-bond donors (Lipinski definition) is 3. The van der Waals surface area contributed by atoms with Crippen LogP contribution in [0.4, 0.5) is 32.0 Å². The topological polar surface area (TPSA) is 63.9 Å². The molecule has 0 aromatic heterocycles. The standard InChI is InChI=1S/C29H31F6NO3/c1-4-8-23-18(2)13-24(20-9-6-5-7-10-20)25(27(30,28(31,32)33)29(34,35)39)26(23)36(3)15-19-11-12-21(16-37)22(14-19)17-38/h5-7,9-14,37-39H,4,8,15-17H2,1-3H3. The Morgan fingerprint density at radius 3 is 1.97 bits per heavy atom. The number of rotatable bonds is 10. The van der Waals surface area contributed by atoms with E-state index in [-0.39, 0.29) is 30.7 Å². The van der Waals surface area contributed by atoms with Gasteiger partial charge in [-0.3, -0.25) is 0 Å². The van der Waals surface area contributed by atoms with Crippen LogP contribution in [-0.4, -0.2) is 34.7 Å². The molecule has 0 spiro atoms. The highest BCUT2D eigenvalue weighted by Crippen LogP contribution is 2.57. The highest BCUT2D eigenvalue weighted by molar-refractivity contribution is 5.80. The second-order valence-electron chi connectivity index (χ2n) is 9.53. The molecule has 0 saturated carbocycles. The first-order chi connectivity index (χ1) is 18.2. The van der Waals surface area contributed by atoms with Gasteiger partial charge < -0.3 is 20.2 Å². The summed E-state index contributed by atoms with van der Waals surface area (Å²) in [5.41, 5.74) is -5.57. The number of alkyl halides is 6. The summed E-state index contributed by atoms with van der Waals surface area (Å²) in [7, 11) is 1.36. The maximum absolute atomic E-state index is 16.2. The van der Waals surface area contributed by atoms with E-state index in [0.717, 1.165) is 0 Å². The lowest BCUT2D eigenvalue weighted by Gasteiger charge is -2.38. The van der Waals surface area contributed by atoms with Gasteiger partial charge in [0, 0.05) is 24.8 Å². The third kappa shape index (κ3) is 5.78. The SMILES string of the molecule is CCCc1c(C)cc(-c2ccccc2)c(C(F)(C(O)(F)F)C(F)(F)F)c1N(C)Cc1ccc(CO)c(CO)c1. The van der Waals surface area contributed by atoms with E-state index in [0.29, 0.717) is 28.7 Å². The number of aliphatic hydroxyl groups is 3. The van der Waals surface area contributed by atoms with E-state index < -0.39 is 41.4 Å². The molecule has 0 radical (unpaired) electrons. The van der Waals surface area contributed by atoms with Gasteiger partial charge in [0.05, 0.1) is 13.2 Å². The first-order valence-corrected chi connectivity index (χ1v) is 12.3. The molecule has 0 aliphatic carbocycles. The number of hydrogen-bond acceptors (Lipinski definition) is 4. The van der Waals surface area contributed by atoms with Gasteiger partial charge in [-0.05, 0) is 52.3 Å². The molecule has 0 bridgehead atoms. The monoisotopic (exact) mass is 555 g/mol. The molecule has 0 fully saturated rings. The molecule has 1 unspecified atom stereocenters. The van der Waals surface area contributed by atoms with Crippen LogP contribution in [0.5, 0.6) is 0 Å². The zero-order valence-electron chi connectivity index (χ0n) is 21.8. The molecular weight excluding hydrogens is 524 g/mol. The van der Waals surface area contributed by atoms with Crippen LogP contribution in [0.25, 0.3) is 11.1 Å². The number of aryl methyl sites for hydroxylation is 1. The fourth-order valence-corrected chi connectivity index (χ4v) is 4.92. The Balaban J connectivity index is 2.43. The van der Waals surface area contributed by atoms with Crippen LogP contribution in [0.15, 0.2) is 54.6 Å². The van der Waals surface area contributed by atoms with E-state index in [4.69, 9.17) is 0 Å². The van der Waals surface area contributed by atoms with Crippen LogP contribution in [-0.2, 0) is 31.8 Å². The fraction of sp³-hybridized carbons (Fsp3) is 0.379.